The van der Waals surface area contributed by atoms with Gasteiger partial charge in [-0.3, -0.25) is 14.3 Å². The Morgan fingerprint density at radius 2 is 1.73 bits per heavy atom. The number of piperidine rings is 1. The largest absolute Gasteiger partial charge is 0.370 e. The molecule has 9 heteroatoms. The van der Waals surface area contributed by atoms with Crippen molar-refractivity contribution in [3.8, 4) is 0 Å². The average Bonchev–Trinajstić information content (AvgIpc) is 3.49. The van der Waals surface area contributed by atoms with E-state index in [0.717, 1.165) is 56.5 Å². The highest BCUT2D eigenvalue weighted by molar-refractivity contribution is 5.94. The molecule has 1 spiro atoms. The predicted octanol–water partition coefficient (Wildman–Crippen LogP) is 1.14. The number of hydrogen-bond donors (Lipinski definition) is 0. The zero-order chi connectivity index (χ0) is 20.9. The third-order valence-corrected chi connectivity index (χ3v) is 6.86. The first-order valence-corrected chi connectivity index (χ1v) is 10.7. The van der Waals surface area contributed by atoms with Crippen LogP contribution in [0.1, 0.15) is 58.0 Å². The van der Waals surface area contributed by atoms with Crippen molar-refractivity contribution in [2.75, 3.05) is 26.2 Å². The van der Waals surface area contributed by atoms with E-state index >= 15 is 0 Å². The Hall–Kier alpha value is -2.68. The summed E-state index contributed by atoms with van der Waals surface area (Å²) in [6, 6.07) is 0. The minimum atomic E-state index is -0.298. The molecular formula is C21H28N6O3. The van der Waals surface area contributed by atoms with Gasteiger partial charge >= 0.3 is 0 Å². The molecule has 0 bridgehead atoms. The molecule has 0 unspecified atom stereocenters. The van der Waals surface area contributed by atoms with E-state index < -0.39 is 0 Å². The highest BCUT2D eigenvalue weighted by Gasteiger charge is 2.43. The molecule has 0 saturated carbocycles. The van der Waals surface area contributed by atoms with E-state index in [1.54, 1.807) is 17.0 Å². The fraction of sp³-hybridized carbons (Fsp3) is 0.619. The van der Waals surface area contributed by atoms with E-state index in [2.05, 4.69) is 10.1 Å². The van der Waals surface area contributed by atoms with Gasteiger partial charge in [-0.25, -0.2) is 4.98 Å². The summed E-state index contributed by atoms with van der Waals surface area (Å²) in [7, 11) is 3.75. The second-order valence-corrected chi connectivity index (χ2v) is 8.70. The maximum Gasteiger partial charge on any atom is 0.289 e. The zero-order valence-corrected chi connectivity index (χ0v) is 17.6. The van der Waals surface area contributed by atoms with E-state index in [0.29, 0.717) is 31.2 Å². The Kier molecular flexibility index (Phi) is 4.65. The van der Waals surface area contributed by atoms with E-state index in [4.69, 9.17) is 4.74 Å². The van der Waals surface area contributed by atoms with Crippen LogP contribution < -0.4 is 0 Å². The minimum absolute atomic E-state index is 0.0272. The van der Waals surface area contributed by atoms with Gasteiger partial charge in [0.25, 0.3) is 11.8 Å². The molecule has 3 aliphatic rings. The molecule has 0 atom stereocenters. The Morgan fingerprint density at radius 3 is 2.40 bits per heavy atom. The summed E-state index contributed by atoms with van der Waals surface area (Å²) in [5.74, 6) is 0.460. The van der Waals surface area contributed by atoms with Gasteiger partial charge in [-0.05, 0) is 25.7 Å². The molecule has 0 aromatic carbocycles. The van der Waals surface area contributed by atoms with Crippen LogP contribution in [-0.2, 0) is 31.9 Å². The number of carbonyl (C=O) groups is 2. The van der Waals surface area contributed by atoms with E-state index in [1.165, 1.54) is 0 Å². The molecule has 0 radical (unpaired) electrons. The molecule has 5 heterocycles. The third kappa shape index (κ3) is 3.12. The number of imidazole rings is 1. The van der Waals surface area contributed by atoms with Crippen LogP contribution in [0.25, 0.3) is 0 Å². The Balaban J connectivity index is 1.30. The summed E-state index contributed by atoms with van der Waals surface area (Å²) < 4.78 is 9.97. The number of aromatic nitrogens is 4. The fourth-order valence-electron chi connectivity index (χ4n) is 4.95. The molecule has 5 rings (SSSR count). The number of rotatable bonds is 2. The molecule has 30 heavy (non-hydrogen) atoms. The van der Waals surface area contributed by atoms with Crippen molar-refractivity contribution in [1.29, 1.82) is 0 Å². The number of likely N-dealkylation sites (tertiary alicyclic amines) is 2. The first-order valence-electron chi connectivity index (χ1n) is 10.7. The number of aryl methyl sites for hydroxylation is 2. The number of fused-ring (bicyclic) bond motifs is 1. The molecule has 2 aromatic heterocycles. The summed E-state index contributed by atoms with van der Waals surface area (Å²) in [6.45, 7) is 3.31. The summed E-state index contributed by atoms with van der Waals surface area (Å²) in [5, 5.41) is 4.57. The third-order valence-electron chi connectivity index (χ3n) is 6.86. The van der Waals surface area contributed by atoms with Crippen LogP contribution in [0.3, 0.4) is 0 Å². The van der Waals surface area contributed by atoms with Crippen molar-refractivity contribution in [2.45, 2.75) is 44.3 Å². The number of hydrogen-bond acceptors (Lipinski definition) is 5. The lowest BCUT2D eigenvalue weighted by atomic mass is 9.83. The quantitative estimate of drug-likeness (QED) is 0.738. The fourth-order valence-corrected chi connectivity index (χ4v) is 4.95. The Labute approximate surface area is 175 Å². The maximum absolute atomic E-state index is 12.9. The topological polar surface area (TPSA) is 85.5 Å². The van der Waals surface area contributed by atoms with Crippen molar-refractivity contribution in [3.05, 3.63) is 35.2 Å². The highest BCUT2D eigenvalue weighted by atomic mass is 16.5. The smallest absolute Gasteiger partial charge is 0.289 e. The normalized spacial score (nSPS) is 20.6. The van der Waals surface area contributed by atoms with Gasteiger partial charge in [0.1, 0.15) is 0 Å². The first kappa shape index (κ1) is 19.3. The molecule has 2 aromatic rings. The Morgan fingerprint density at radius 1 is 1.03 bits per heavy atom. The van der Waals surface area contributed by atoms with Crippen molar-refractivity contribution >= 4 is 11.8 Å². The van der Waals surface area contributed by atoms with Gasteiger partial charge in [-0.15, -0.1) is 0 Å². The minimum Gasteiger partial charge on any atom is -0.370 e. The van der Waals surface area contributed by atoms with E-state index in [9.17, 15) is 9.59 Å². The van der Waals surface area contributed by atoms with E-state index in [1.807, 2.05) is 28.6 Å². The average molecular weight is 412 g/mol. The first-order chi connectivity index (χ1) is 14.5. The number of nitrogens with zero attached hydrogens (tertiary/aromatic N) is 6. The zero-order valence-electron chi connectivity index (χ0n) is 17.6. The van der Waals surface area contributed by atoms with Crippen LogP contribution in [0.5, 0.6) is 0 Å². The number of amides is 2. The highest BCUT2D eigenvalue weighted by Crippen LogP contribution is 2.37. The Bertz CT molecular complexity index is 979. The van der Waals surface area contributed by atoms with Crippen molar-refractivity contribution in [3.63, 3.8) is 0 Å². The molecule has 0 N–H and O–H groups in total. The molecule has 0 aliphatic carbocycles. The van der Waals surface area contributed by atoms with Gasteiger partial charge < -0.3 is 19.1 Å². The van der Waals surface area contributed by atoms with Crippen molar-refractivity contribution in [2.24, 2.45) is 14.1 Å². The van der Waals surface area contributed by atoms with Crippen LogP contribution in [-0.4, -0.2) is 72.7 Å². The van der Waals surface area contributed by atoms with Gasteiger partial charge in [-0.1, -0.05) is 0 Å². The lowest BCUT2D eigenvalue weighted by molar-refractivity contribution is -0.0991. The maximum atomic E-state index is 12.9. The van der Waals surface area contributed by atoms with Gasteiger partial charge in [0.05, 0.1) is 12.2 Å². The predicted molar refractivity (Wildman–Crippen MR) is 108 cm³/mol. The van der Waals surface area contributed by atoms with Crippen LogP contribution >= 0.6 is 0 Å². The summed E-state index contributed by atoms with van der Waals surface area (Å²) in [6.07, 6.45) is 7.82. The molecule has 2 amide bonds. The second kappa shape index (κ2) is 7.23. The standard InChI is InChI=1S/C21H28N6O3/c1-24-12-7-22-18(24)20(29)27-10-5-21(6-11-27)13-16-15(14-30-21)17(23-25(16)2)19(28)26-8-3-4-9-26/h7,12H,3-6,8-11,13-14H2,1-2H3. The van der Waals surface area contributed by atoms with Crippen LogP contribution in [0.4, 0.5) is 0 Å². The summed E-state index contributed by atoms with van der Waals surface area (Å²) in [5.41, 5.74) is 2.28. The summed E-state index contributed by atoms with van der Waals surface area (Å²) >= 11 is 0. The summed E-state index contributed by atoms with van der Waals surface area (Å²) in [4.78, 5) is 33.6. The number of carbonyl (C=O) groups excluding carboxylic acids is 2. The molecule has 2 saturated heterocycles. The van der Waals surface area contributed by atoms with Gasteiger partial charge in [-0.2, -0.15) is 5.10 Å². The second-order valence-electron chi connectivity index (χ2n) is 8.70. The molecule has 9 nitrogen and oxygen atoms in total. The molecule has 3 aliphatic heterocycles. The number of ether oxygens (including phenoxy) is 1. The van der Waals surface area contributed by atoms with Gasteiger partial charge in [0.2, 0.25) is 0 Å². The van der Waals surface area contributed by atoms with Crippen molar-refractivity contribution in [1.82, 2.24) is 29.1 Å². The van der Waals surface area contributed by atoms with Gasteiger partial charge in [0.15, 0.2) is 11.5 Å². The van der Waals surface area contributed by atoms with Crippen LogP contribution in [0, 0.1) is 0 Å². The molecule has 2 fully saturated rings. The molecule has 160 valence electrons. The lowest BCUT2D eigenvalue weighted by Crippen LogP contribution is -2.51. The van der Waals surface area contributed by atoms with Crippen molar-refractivity contribution < 1.29 is 14.3 Å². The molecular weight excluding hydrogens is 384 g/mol. The van der Waals surface area contributed by atoms with Crippen LogP contribution in [0.15, 0.2) is 12.4 Å². The SMILES string of the molecule is Cn1ccnc1C(=O)N1CCC2(CC1)Cc1c(c(C(=O)N3CCCC3)nn1C)CO2. The van der Waals surface area contributed by atoms with E-state index in [-0.39, 0.29) is 17.4 Å². The monoisotopic (exact) mass is 412 g/mol. The lowest BCUT2D eigenvalue weighted by Gasteiger charge is -2.43. The van der Waals surface area contributed by atoms with Gasteiger partial charge in [0, 0.05) is 70.3 Å². The van der Waals surface area contributed by atoms with Crippen LogP contribution in [0.2, 0.25) is 0 Å².